The molecule has 0 atom stereocenters. The number of piperazine rings is 1. The Morgan fingerprint density at radius 2 is 1.54 bits per heavy atom. The first kappa shape index (κ1) is 52.4. The zero-order chi connectivity index (χ0) is 52.3. The predicted octanol–water partition coefficient (Wildman–Crippen LogP) is 11.9. The summed E-state index contributed by atoms with van der Waals surface area (Å²) in [5.41, 5.74) is 10.4. The highest BCUT2D eigenvalue weighted by Crippen LogP contribution is 2.48. The molecular formula is C60H65ClN5O7S+. The molecule has 6 aromatic rings. The molecule has 384 valence electrons. The van der Waals surface area contributed by atoms with E-state index < -0.39 is 0 Å². The van der Waals surface area contributed by atoms with Crippen LogP contribution in [0.15, 0.2) is 133 Å². The van der Waals surface area contributed by atoms with Crippen molar-refractivity contribution in [3.63, 3.8) is 0 Å². The van der Waals surface area contributed by atoms with E-state index in [1.165, 1.54) is 39.0 Å². The van der Waals surface area contributed by atoms with Gasteiger partial charge in [-0.2, -0.15) is 4.58 Å². The SMILES string of the molecule is CCN1/C(=C/C=C/C=C/C2=[N+](CCCCSOOO)c3ccc4ccccc4c3C2(C)C)C(C)(C)c2cc(CC(=O)N3CCN(C(=O)Cc4c(C)n(C(=O)c5ccc(Cl)cc5)c5ccc(OC)cc45)CC3)ccc21. The van der Waals surface area contributed by atoms with Gasteiger partial charge in [0.25, 0.3) is 5.91 Å². The molecule has 14 heteroatoms. The maximum Gasteiger partial charge on any atom is 0.262 e. The Bertz CT molecular complexity index is 3250. The number of hydrogen-bond donors (Lipinski definition) is 1. The van der Waals surface area contributed by atoms with Gasteiger partial charge in [-0.25, -0.2) is 5.26 Å². The number of unbranched alkanes of at least 4 members (excludes halogenated alkanes) is 1. The van der Waals surface area contributed by atoms with Crippen LogP contribution in [-0.2, 0) is 42.6 Å². The molecule has 1 aromatic heterocycles. The number of carbonyl (C=O) groups excluding carboxylic acids is 3. The number of halogens is 1. The van der Waals surface area contributed by atoms with Crippen LogP contribution < -0.4 is 9.64 Å². The molecule has 1 saturated heterocycles. The highest BCUT2D eigenvalue weighted by molar-refractivity contribution is 7.94. The lowest BCUT2D eigenvalue weighted by Gasteiger charge is -2.35. The fourth-order valence-electron chi connectivity index (χ4n) is 11.3. The van der Waals surface area contributed by atoms with Crippen molar-refractivity contribution in [2.45, 2.75) is 78.1 Å². The molecule has 1 N–H and O–H groups in total. The van der Waals surface area contributed by atoms with Crippen molar-refractivity contribution in [3.8, 4) is 5.75 Å². The zero-order valence-electron chi connectivity index (χ0n) is 43.3. The summed E-state index contributed by atoms with van der Waals surface area (Å²) in [5.74, 6) is 1.12. The van der Waals surface area contributed by atoms with Gasteiger partial charge in [0.05, 0.1) is 30.9 Å². The average molecular weight is 1040 g/mol. The number of methoxy groups -OCH3 is 1. The largest absolute Gasteiger partial charge is 0.497 e. The smallest absolute Gasteiger partial charge is 0.262 e. The van der Waals surface area contributed by atoms with Crippen molar-refractivity contribution in [1.82, 2.24) is 14.4 Å². The van der Waals surface area contributed by atoms with E-state index in [0.29, 0.717) is 59.5 Å². The highest BCUT2D eigenvalue weighted by Gasteiger charge is 2.45. The van der Waals surface area contributed by atoms with Crippen LogP contribution in [0.3, 0.4) is 0 Å². The quantitative estimate of drug-likeness (QED) is 0.0238. The summed E-state index contributed by atoms with van der Waals surface area (Å²) in [6, 6.07) is 31.9. The molecule has 0 spiro atoms. The number of anilines is 1. The third-order valence-corrected chi connectivity index (χ3v) is 16.1. The molecule has 0 unspecified atom stereocenters. The van der Waals surface area contributed by atoms with Gasteiger partial charge in [-0.15, -0.1) is 4.33 Å². The van der Waals surface area contributed by atoms with E-state index in [-0.39, 0.29) is 41.4 Å². The number of amides is 2. The van der Waals surface area contributed by atoms with Crippen LogP contribution in [0.4, 0.5) is 11.4 Å². The molecule has 1 fully saturated rings. The van der Waals surface area contributed by atoms with Gasteiger partial charge >= 0.3 is 0 Å². The first-order chi connectivity index (χ1) is 35.7. The van der Waals surface area contributed by atoms with E-state index in [1.807, 2.05) is 34.9 Å². The minimum Gasteiger partial charge on any atom is -0.497 e. The second-order valence-corrected chi connectivity index (χ2v) is 21.5. The summed E-state index contributed by atoms with van der Waals surface area (Å²) >= 11 is 7.22. The van der Waals surface area contributed by atoms with Crippen LogP contribution in [0.25, 0.3) is 21.7 Å². The van der Waals surface area contributed by atoms with Gasteiger partial charge in [-0.1, -0.05) is 85.1 Å². The summed E-state index contributed by atoms with van der Waals surface area (Å²) < 4.78 is 14.3. The van der Waals surface area contributed by atoms with Gasteiger partial charge in [-0.3, -0.25) is 19.0 Å². The van der Waals surface area contributed by atoms with E-state index in [4.69, 9.17) is 21.6 Å². The molecule has 0 aliphatic carbocycles. The van der Waals surface area contributed by atoms with Crippen molar-refractivity contribution in [3.05, 3.63) is 172 Å². The lowest BCUT2D eigenvalue weighted by Crippen LogP contribution is -2.51. The third-order valence-electron chi connectivity index (χ3n) is 15.2. The number of hydrogen-bond acceptors (Lipinski definition) is 9. The van der Waals surface area contributed by atoms with Gasteiger partial charge in [0.1, 0.15) is 12.3 Å². The number of fused-ring (bicyclic) bond motifs is 5. The Balaban J connectivity index is 0.853. The lowest BCUT2D eigenvalue weighted by molar-refractivity contribution is -0.438. The second-order valence-electron chi connectivity index (χ2n) is 20.2. The van der Waals surface area contributed by atoms with Crippen molar-refractivity contribution in [2.24, 2.45) is 0 Å². The molecule has 3 aliphatic heterocycles. The van der Waals surface area contributed by atoms with Gasteiger partial charge in [0.2, 0.25) is 17.5 Å². The lowest BCUT2D eigenvalue weighted by atomic mass is 9.79. The van der Waals surface area contributed by atoms with Crippen LogP contribution in [-0.4, -0.2) is 99.8 Å². The summed E-state index contributed by atoms with van der Waals surface area (Å²) in [5, 5.41) is 16.1. The number of aromatic nitrogens is 1. The van der Waals surface area contributed by atoms with E-state index in [1.54, 1.807) is 35.9 Å². The first-order valence-electron chi connectivity index (χ1n) is 25.4. The molecule has 2 amide bonds. The number of allylic oxidation sites excluding steroid dienone is 6. The minimum atomic E-state index is -0.308. The Kier molecular flexibility index (Phi) is 15.7. The Labute approximate surface area is 443 Å². The molecule has 74 heavy (non-hydrogen) atoms. The van der Waals surface area contributed by atoms with Crippen LogP contribution in [0.5, 0.6) is 5.75 Å². The van der Waals surface area contributed by atoms with Crippen LogP contribution in [0, 0.1) is 6.92 Å². The molecule has 3 aliphatic rings. The molecule has 0 bridgehead atoms. The highest BCUT2D eigenvalue weighted by atomic mass is 35.5. The molecule has 0 saturated carbocycles. The van der Waals surface area contributed by atoms with Gasteiger partial charge in [-0.05, 0) is 122 Å². The normalized spacial score (nSPS) is 16.7. The van der Waals surface area contributed by atoms with E-state index in [9.17, 15) is 14.4 Å². The molecule has 12 nitrogen and oxygen atoms in total. The molecular weight excluding hydrogens is 970 g/mol. The van der Waals surface area contributed by atoms with Crippen molar-refractivity contribution >= 4 is 80.1 Å². The maximum absolute atomic E-state index is 14.0. The fraction of sp³-hybridized carbons (Fsp3) is 0.333. The summed E-state index contributed by atoms with van der Waals surface area (Å²) in [7, 11) is 1.60. The minimum absolute atomic E-state index is 0.0392. The second kappa shape index (κ2) is 22.2. The number of nitrogens with zero attached hydrogens (tertiary/aromatic N) is 5. The van der Waals surface area contributed by atoms with Crippen LogP contribution in [0.2, 0.25) is 5.02 Å². The summed E-state index contributed by atoms with van der Waals surface area (Å²) in [6.07, 6.45) is 13.1. The maximum atomic E-state index is 14.0. The number of ether oxygens (including phenoxy) is 1. The van der Waals surface area contributed by atoms with Crippen molar-refractivity contribution < 1.29 is 38.3 Å². The third kappa shape index (κ3) is 10.2. The molecule has 9 rings (SSSR count). The van der Waals surface area contributed by atoms with Gasteiger partial charge < -0.3 is 19.4 Å². The van der Waals surface area contributed by atoms with Crippen molar-refractivity contribution in [1.29, 1.82) is 0 Å². The number of rotatable bonds is 17. The van der Waals surface area contributed by atoms with Crippen LogP contribution >= 0.6 is 23.6 Å². The molecule has 0 radical (unpaired) electrons. The monoisotopic (exact) mass is 1030 g/mol. The molecule has 5 aromatic carbocycles. The first-order valence-corrected chi connectivity index (χ1v) is 26.7. The zero-order valence-corrected chi connectivity index (χ0v) is 44.9. The Morgan fingerprint density at radius 1 is 0.811 bits per heavy atom. The Hall–Kier alpha value is -6.48. The standard InChI is InChI=1S/C60H64ClN5O7S/c1-8-64-51-27-20-41(37-55(67)62-31-33-63(34-32-62)56(68)39-47-40(2)66(50-29-26-45(71-7)38-48(47)50)58(69)43-21-24-44(61)25-22-43)36-49(51)59(3,4)53(64)18-10-9-11-19-54-60(5,6)57-46-17-13-12-16-42(46)23-28-52(57)65(54)30-14-15-35-74-73-72-70/h9-13,16-29,36,38H,8,14-15,30-35,37,39H2,1-7H3/p+1. The fourth-order valence-corrected chi connectivity index (χ4v) is 11.9. The van der Waals surface area contributed by atoms with Crippen molar-refractivity contribution in [2.75, 3.05) is 57.0 Å². The number of carbonyl (C=O) groups is 3. The number of benzene rings is 5. The van der Waals surface area contributed by atoms with E-state index in [0.717, 1.165) is 60.2 Å². The summed E-state index contributed by atoms with van der Waals surface area (Å²) in [6.45, 7) is 16.6. The predicted molar refractivity (Wildman–Crippen MR) is 297 cm³/mol. The van der Waals surface area contributed by atoms with E-state index >= 15 is 0 Å². The molecule has 4 heterocycles. The van der Waals surface area contributed by atoms with Gasteiger partial charge in [0.15, 0.2) is 5.71 Å². The van der Waals surface area contributed by atoms with Gasteiger partial charge in [0, 0.05) is 113 Å². The average Bonchev–Trinajstić information content (AvgIpc) is 3.90. The van der Waals surface area contributed by atoms with E-state index in [2.05, 4.69) is 138 Å². The Morgan fingerprint density at radius 3 is 2.26 bits per heavy atom. The topological polar surface area (TPSA) is 117 Å². The summed E-state index contributed by atoms with van der Waals surface area (Å²) in [4.78, 5) is 47.8. The van der Waals surface area contributed by atoms with Crippen LogP contribution in [0.1, 0.15) is 85.8 Å². The number of likely N-dealkylation sites (N-methyl/N-ethyl adjacent to an activating group) is 1.